The summed E-state index contributed by atoms with van der Waals surface area (Å²) in [6.45, 7) is 3.11. The number of aliphatic imine (C=N–C) groups is 1. The van der Waals surface area contributed by atoms with E-state index < -0.39 is 0 Å². The molecule has 1 aliphatic rings. The van der Waals surface area contributed by atoms with E-state index in [1.807, 2.05) is 30.3 Å². The molecule has 4 nitrogen and oxygen atoms in total. The average molecular weight is 343 g/mol. The smallest absolute Gasteiger partial charge is 0.307 e. The van der Waals surface area contributed by atoms with Crippen molar-refractivity contribution in [3.05, 3.63) is 66.0 Å². The van der Waals surface area contributed by atoms with Gasteiger partial charge in [-0.15, -0.1) is 0 Å². The van der Waals surface area contributed by atoms with Gasteiger partial charge in [0.15, 0.2) is 5.17 Å². The maximum absolute atomic E-state index is 13.1. The van der Waals surface area contributed by atoms with Crippen LogP contribution < -0.4 is 5.32 Å². The van der Waals surface area contributed by atoms with Gasteiger partial charge in [-0.05, 0) is 29.8 Å². The van der Waals surface area contributed by atoms with Crippen LogP contribution in [0.2, 0.25) is 0 Å². The third kappa shape index (κ3) is 4.14. The quantitative estimate of drug-likeness (QED) is 0.900. The van der Waals surface area contributed by atoms with E-state index in [0.29, 0.717) is 23.5 Å². The summed E-state index contributed by atoms with van der Waals surface area (Å²) in [6.07, 6.45) is 0. The first kappa shape index (κ1) is 16.5. The number of thioether (sulfide) groups is 1. The second-order valence-electron chi connectivity index (χ2n) is 5.56. The van der Waals surface area contributed by atoms with Crippen molar-refractivity contribution in [2.45, 2.75) is 18.7 Å². The standard InChI is InChI=1S/C18H18FN3OS/c1-13-11-20-18(24-13)22(12-14-7-9-15(19)10-8-14)17(23)21-16-5-3-2-4-6-16/h2-10,13H,11-12H2,1H3,(H,21,23)/t13-/m1/s1. The monoisotopic (exact) mass is 343 g/mol. The third-order valence-electron chi connectivity index (χ3n) is 3.55. The van der Waals surface area contributed by atoms with Gasteiger partial charge >= 0.3 is 6.03 Å². The molecule has 1 atom stereocenters. The largest absolute Gasteiger partial charge is 0.328 e. The van der Waals surface area contributed by atoms with Gasteiger partial charge in [0.05, 0.1) is 13.1 Å². The number of hydrogen-bond acceptors (Lipinski definition) is 3. The van der Waals surface area contributed by atoms with Crippen molar-refractivity contribution in [3.8, 4) is 0 Å². The molecule has 0 saturated heterocycles. The van der Waals surface area contributed by atoms with Crippen LogP contribution in [0.3, 0.4) is 0 Å². The summed E-state index contributed by atoms with van der Waals surface area (Å²) in [7, 11) is 0. The van der Waals surface area contributed by atoms with Gasteiger partial charge in [0.2, 0.25) is 0 Å². The number of para-hydroxylation sites is 1. The topological polar surface area (TPSA) is 44.7 Å². The number of nitrogens with zero attached hydrogens (tertiary/aromatic N) is 2. The van der Waals surface area contributed by atoms with E-state index in [2.05, 4.69) is 17.2 Å². The van der Waals surface area contributed by atoms with Gasteiger partial charge in [-0.2, -0.15) is 0 Å². The fraction of sp³-hybridized carbons (Fsp3) is 0.222. The second kappa shape index (κ2) is 7.49. The van der Waals surface area contributed by atoms with Gasteiger partial charge in [-0.3, -0.25) is 9.89 Å². The zero-order valence-electron chi connectivity index (χ0n) is 13.3. The van der Waals surface area contributed by atoms with Crippen LogP contribution in [0.15, 0.2) is 59.6 Å². The molecule has 0 aliphatic carbocycles. The van der Waals surface area contributed by atoms with Crippen LogP contribution in [-0.2, 0) is 6.54 Å². The summed E-state index contributed by atoms with van der Waals surface area (Å²) in [6, 6.07) is 15.2. The van der Waals surface area contributed by atoms with Gasteiger partial charge in [0.25, 0.3) is 0 Å². The molecule has 1 heterocycles. The molecular formula is C18H18FN3OS. The Morgan fingerprint density at radius 1 is 1.25 bits per heavy atom. The van der Waals surface area contributed by atoms with Crippen molar-refractivity contribution in [3.63, 3.8) is 0 Å². The summed E-state index contributed by atoms with van der Waals surface area (Å²) in [5.41, 5.74) is 1.57. The van der Waals surface area contributed by atoms with Crippen molar-refractivity contribution in [1.29, 1.82) is 0 Å². The predicted octanol–water partition coefficient (Wildman–Crippen LogP) is 4.35. The summed E-state index contributed by atoms with van der Waals surface area (Å²) in [4.78, 5) is 18.8. The Balaban J connectivity index is 1.79. The lowest BCUT2D eigenvalue weighted by molar-refractivity contribution is 0.233. The molecule has 0 saturated carbocycles. The van der Waals surface area contributed by atoms with Crippen LogP contribution in [0.4, 0.5) is 14.9 Å². The van der Waals surface area contributed by atoms with Crippen LogP contribution in [0, 0.1) is 5.82 Å². The molecule has 0 aromatic heterocycles. The molecule has 3 rings (SSSR count). The molecule has 1 N–H and O–H groups in total. The van der Waals surface area contributed by atoms with Gasteiger partial charge < -0.3 is 5.32 Å². The van der Waals surface area contributed by atoms with E-state index in [4.69, 9.17) is 0 Å². The van der Waals surface area contributed by atoms with E-state index in [-0.39, 0.29) is 11.8 Å². The molecule has 0 fully saturated rings. The molecular weight excluding hydrogens is 325 g/mol. The van der Waals surface area contributed by atoms with Gasteiger partial charge in [0.1, 0.15) is 5.82 Å². The lowest BCUT2D eigenvalue weighted by atomic mass is 10.2. The maximum Gasteiger partial charge on any atom is 0.328 e. The molecule has 1 aliphatic heterocycles. The Morgan fingerprint density at radius 2 is 1.96 bits per heavy atom. The minimum Gasteiger partial charge on any atom is -0.307 e. The van der Waals surface area contributed by atoms with Crippen molar-refractivity contribution in [2.75, 3.05) is 11.9 Å². The second-order valence-corrected chi connectivity index (χ2v) is 6.97. The first-order chi connectivity index (χ1) is 11.6. The normalized spacial score (nSPS) is 16.6. The van der Waals surface area contributed by atoms with Crippen molar-refractivity contribution in [2.24, 2.45) is 4.99 Å². The minimum absolute atomic E-state index is 0.245. The number of benzene rings is 2. The molecule has 2 amide bonds. The summed E-state index contributed by atoms with van der Waals surface area (Å²) >= 11 is 1.58. The molecule has 6 heteroatoms. The van der Waals surface area contributed by atoms with Crippen molar-refractivity contribution < 1.29 is 9.18 Å². The number of carbonyl (C=O) groups excluding carboxylic acids is 1. The predicted molar refractivity (Wildman–Crippen MR) is 96.8 cm³/mol. The van der Waals surface area contributed by atoms with Crippen molar-refractivity contribution in [1.82, 2.24) is 4.90 Å². The number of urea groups is 1. The average Bonchev–Trinajstić information content (AvgIpc) is 3.01. The van der Waals surface area contributed by atoms with E-state index in [1.165, 1.54) is 12.1 Å². The van der Waals surface area contributed by atoms with Crippen LogP contribution in [0.1, 0.15) is 12.5 Å². The third-order valence-corrected chi connectivity index (χ3v) is 4.66. The Labute approximate surface area is 144 Å². The van der Waals surface area contributed by atoms with Gasteiger partial charge in [-0.1, -0.05) is 49.0 Å². The first-order valence-corrected chi connectivity index (χ1v) is 8.59. The minimum atomic E-state index is -0.291. The molecule has 0 bridgehead atoms. The molecule has 0 unspecified atom stereocenters. The number of halogens is 1. The highest BCUT2D eigenvalue weighted by Crippen LogP contribution is 2.25. The Morgan fingerprint density at radius 3 is 2.58 bits per heavy atom. The fourth-order valence-electron chi connectivity index (χ4n) is 2.32. The lowest BCUT2D eigenvalue weighted by Crippen LogP contribution is -2.37. The zero-order chi connectivity index (χ0) is 16.9. The number of amides is 2. The molecule has 2 aromatic rings. The molecule has 124 valence electrons. The van der Waals surface area contributed by atoms with Crippen LogP contribution >= 0.6 is 11.8 Å². The first-order valence-electron chi connectivity index (χ1n) is 7.71. The SMILES string of the molecule is C[C@@H]1CN=C(N(Cc2ccc(F)cc2)C(=O)Nc2ccccc2)S1. The lowest BCUT2D eigenvalue weighted by Gasteiger charge is -2.23. The Hall–Kier alpha value is -2.34. The number of carbonyl (C=O) groups is 1. The summed E-state index contributed by atoms with van der Waals surface area (Å²) < 4.78 is 13.1. The highest BCUT2D eigenvalue weighted by atomic mass is 32.2. The number of rotatable bonds is 3. The fourth-order valence-corrected chi connectivity index (χ4v) is 3.25. The number of nitrogens with one attached hydrogen (secondary N) is 1. The molecule has 2 aromatic carbocycles. The highest BCUT2D eigenvalue weighted by Gasteiger charge is 2.26. The van der Waals surface area contributed by atoms with Crippen LogP contribution in [0.5, 0.6) is 0 Å². The van der Waals surface area contributed by atoms with Gasteiger partial charge in [-0.25, -0.2) is 9.18 Å². The Kier molecular flexibility index (Phi) is 5.15. The highest BCUT2D eigenvalue weighted by molar-refractivity contribution is 8.14. The number of anilines is 1. The van der Waals surface area contributed by atoms with E-state index in [9.17, 15) is 9.18 Å². The molecule has 0 spiro atoms. The van der Waals surface area contributed by atoms with Crippen LogP contribution in [0.25, 0.3) is 0 Å². The van der Waals surface area contributed by atoms with E-state index >= 15 is 0 Å². The molecule has 0 radical (unpaired) electrons. The number of amidine groups is 1. The van der Waals surface area contributed by atoms with E-state index in [1.54, 1.807) is 28.8 Å². The molecule has 24 heavy (non-hydrogen) atoms. The van der Waals surface area contributed by atoms with E-state index in [0.717, 1.165) is 11.3 Å². The Bertz CT molecular complexity index is 734. The van der Waals surface area contributed by atoms with Gasteiger partial charge in [0, 0.05) is 10.9 Å². The van der Waals surface area contributed by atoms with Crippen LogP contribution in [-0.4, -0.2) is 27.9 Å². The number of hydrogen-bond donors (Lipinski definition) is 1. The zero-order valence-corrected chi connectivity index (χ0v) is 14.1. The summed E-state index contributed by atoms with van der Waals surface area (Å²) in [5, 5.41) is 3.93. The van der Waals surface area contributed by atoms with Crippen molar-refractivity contribution >= 4 is 28.6 Å². The maximum atomic E-state index is 13.1. The summed E-state index contributed by atoms with van der Waals surface area (Å²) in [5.74, 6) is -0.291.